The molecule has 3 aromatic rings. The van der Waals surface area contributed by atoms with Gasteiger partial charge in [-0.25, -0.2) is 9.59 Å². The van der Waals surface area contributed by atoms with E-state index in [-0.39, 0.29) is 11.7 Å². The van der Waals surface area contributed by atoms with Gasteiger partial charge in [0.1, 0.15) is 5.60 Å². The second kappa shape index (κ2) is 7.87. The number of anilines is 1. The monoisotopic (exact) mass is 459 g/mol. The SMILES string of the molecule is Cc1cccc2c(CN3CCC4(CC3)CN(c3ccc(C(=O)O)cc3)C(=O)O4)cn(C3CC3)c12. The zero-order chi connectivity index (χ0) is 23.4. The summed E-state index contributed by atoms with van der Waals surface area (Å²) in [5.74, 6) is -0.977. The number of likely N-dealkylation sites (tertiary alicyclic amines) is 1. The first-order valence-electron chi connectivity index (χ1n) is 12.1. The van der Waals surface area contributed by atoms with Crippen LogP contribution in [0.5, 0.6) is 0 Å². The summed E-state index contributed by atoms with van der Waals surface area (Å²) < 4.78 is 8.39. The van der Waals surface area contributed by atoms with Crippen LogP contribution in [0, 0.1) is 6.92 Å². The van der Waals surface area contributed by atoms with Crippen LogP contribution < -0.4 is 4.90 Å². The molecule has 1 aromatic heterocycles. The molecular formula is C27H29N3O4. The number of carboxylic acid groups (broad SMARTS) is 1. The Labute approximate surface area is 198 Å². The van der Waals surface area contributed by atoms with Gasteiger partial charge in [0.25, 0.3) is 0 Å². The van der Waals surface area contributed by atoms with E-state index >= 15 is 0 Å². The summed E-state index contributed by atoms with van der Waals surface area (Å²) in [7, 11) is 0. The van der Waals surface area contributed by atoms with Gasteiger partial charge in [-0.2, -0.15) is 0 Å². The lowest BCUT2D eigenvalue weighted by molar-refractivity contribution is -0.000896. The smallest absolute Gasteiger partial charge is 0.415 e. The van der Waals surface area contributed by atoms with Crippen LogP contribution in [0.2, 0.25) is 0 Å². The molecule has 34 heavy (non-hydrogen) atoms. The largest absolute Gasteiger partial charge is 0.478 e. The molecule has 0 bridgehead atoms. The van der Waals surface area contributed by atoms with E-state index in [9.17, 15) is 9.59 Å². The third-order valence-corrected chi connectivity index (χ3v) is 7.63. The molecule has 0 atom stereocenters. The van der Waals surface area contributed by atoms with E-state index in [1.54, 1.807) is 17.0 Å². The summed E-state index contributed by atoms with van der Waals surface area (Å²) in [5.41, 5.74) is 4.50. The van der Waals surface area contributed by atoms with Gasteiger partial charge in [-0.15, -0.1) is 0 Å². The first-order valence-corrected chi connectivity index (χ1v) is 12.1. The number of ether oxygens (including phenoxy) is 1. The zero-order valence-electron chi connectivity index (χ0n) is 19.4. The molecule has 1 saturated carbocycles. The zero-order valence-corrected chi connectivity index (χ0v) is 19.4. The van der Waals surface area contributed by atoms with Crippen LogP contribution in [0.1, 0.15) is 53.2 Å². The maximum atomic E-state index is 12.7. The third kappa shape index (κ3) is 3.64. The second-order valence-electron chi connectivity index (χ2n) is 10.0. The molecule has 1 spiro atoms. The van der Waals surface area contributed by atoms with Crippen molar-refractivity contribution in [3.05, 3.63) is 65.4 Å². The molecule has 6 rings (SSSR count). The van der Waals surface area contributed by atoms with Crippen LogP contribution in [0.4, 0.5) is 10.5 Å². The van der Waals surface area contributed by atoms with Crippen molar-refractivity contribution < 1.29 is 19.4 Å². The molecule has 2 saturated heterocycles. The number of aromatic nitrogens is 1. The first kappa shape index (κ1) is 21.2. The number of amides is 1. The molecular weight excluding hydrogens is 430 g/mol. The molecule has 1 aliphatic carbocycles. The number of carbonyl (C=O) groups excluding carboxylic acids is 1. The third-order valence-electron chi connectivity index (χ3n) is 7.63. The fourth-order valence-electron chi connectivity index (χ4n) is 5.56. The molecule has 176 valence electrons. The van der Waals surface area contributed by atoms with Crippen molar-refractivity contribution in [1.29, 1.82) is 0 Å². The molecule has 3 heterocycles. The van der Waals surface area contributed by atoms with Crippen molar-refractivity contribution in [3.8, 4) is 0 Å². The van der Waals surface area contributed by atoms with Gasteiger partial charge >= 0.3 is 12.1 Å². The number of aromatic carboxylic acids is 1. The molecule has 1 amide bonds. The summed E-state index contributed by atoms with van der Waals surface area (Å²) >= 11 is 0. The highest BCUT2D eigenvalue weighted by atomic mass is 16.6. The molecule has 1 N–H and O–H groups in total. The van der Waals surface area contributed by atoms with E-state index in [4.69, 9.17) is 9.84 Å². The van der Waals surface area contributed by atoms with Crippen molar-refractivity contribution in [2.75, 3.05) is 24.5 Å². The topological polar surface area (TPSA) is 75.0 Å². The Morgan fingerprint density at radius 3 is 2.53 bits per heavy atom. The van der Waals surface area contributed by atoms with Gasteiger partial charge < -0.3 is 14.4 Å². The van der Waals surface area contributed by atoms with Crippen LogP contribution in [0.15, 0.2) is 48.7 Å². The standard InChI is InChI=1S/C27H29N3O4/c1-18-3-2-4-23-20(16-29(24(18)23)21-9-10-21)15-28-13-11-27(12-14-28)17-30(26(33)34-27)22-7-5-19(6-8-22)25(31)32/h2-8,16,21H,9-15,17H2,1H3,(H,31,32). The highest BCUT2D eigenvalue weighted by molar-refractivity contribution is 5.92. The minimum absolute atomic E-state index is 0.206. The van der Waals surface area contributed by atoms with Gasteiger partial charge in [-0.1, -0.05) is 18.2 Å². The lowest BCUT2D eigenvalue weighted by Gasteiger charge is -2.37. The van der Waals surface area contributed by atoms with E-state index in [2.05, 4.69) is 40.8 Å². The van der Waals surface area contributed by atoms with Gasteiger partial charge in [0.15, 0.2) is 0 Å². The molecule has 0 radical (unpaired) electrons. The minimum Gasteiger partial charge on any atom is -0.478 e. The number of rotatable bonds is 5. The number of piperidine rings is 1. The van der Waals surface area contributed by atoms with Crippen LogP contribution in [0.3, 0.4) is 0 Å². The summed E-state index contributed by atoms with van der Waals surface area (Å²) in [4.78, 5) is 27.9. The highest BCUT2D eigenvalue weighted by Gasteiger charge is 2.47. The predicted molar refractivity (Wildman–Crippen MR) is 129 cm³/mol. The lowest BCUT2D eigenvalue weighted by Crippen LogP contribution is -2.46. The second-order valence-corrected chi connectivity index (χ2v) is 10.0. The van der Waals surface area contributed by atoms with E-state index < -0.39 is 11.6 Å². The number of hydrogen-bond acceptors (Lipinski definition) is 4. The number of hydrogen-bond donors (Lipinski definition) is 1. The van der Waals surface area contributed by atoms with Crippen LogP contribution >= 0.6 is 0 Å². The Morgan fingerprint density at radius 2 is 1.85 bits per heavy atom. The summed E-state index contributed by atoms with van der Waals surface area (Å²) in [6.45, 7) is 5.36. The summed E-state index contributed by atoms with van der Waals surface area (Å²) in [6, 6.07) is 13.7. The molecule has 2 aliphatic heterocycles. The van der Waals surface area contributed by atoms with E-state index in [0.717, 1.165) is 32.5 Å². The van der Waals surface area contributed by atoms with Crippen LogP contribution in [-0.4, -0.2) is 51.9 Å². The maximum absolute atomic E-state index is 12.7. The Hall–Kier alpha value is -3.32. The van der Waals surface area contributed by atoms with Gasteiger partial charge in [-0.05, 0) is 55.2 Å². The van der Waals surface area contributed by atoms with Crippen molar-refractivity contribution in [2.24, 2.45) is 0 Å². The average molecular weight is 460 g/mol. The number of benzene rings is 2. The first-order chi connectivity index (χ1) is 16.4. The van der Waals surface area contributed by atoms with Crippen LogP contribution in [0.25, 0.3) is 10.9 Å². The van der Waals surface area contributed by atoms with Gasteiger partial charge in [-0.3, -0.25) is 9.80 Å². The Kier molecular flexibility index (Phi) is 4.92. The molecule has 7 heteroatoms. The van der Waals surface area contributed by atoms with Crippen molar-refractivity contribution in [1.82, 2.24) is 9.47 Å². The minimum atomic E-state index is -0.977. The number of fused-ring (bicyclic) bond motifs is 1. The number of aryl methyl sites for hydroxylation is 1. The molecule has 2 aromatic carbocycles. The normalized spacial score (nSPS) is 20.3. The number of carboxylic acids is 1. The van der Waals surface area contributed by atoms with Gasteiger partial charge in [0, 0.05) is 55.8 Å². The Morgan fingerprint density at radius 1 is 1.12 bits per heavy atom. The summed E-state index contributed by atoms with van der Waals surface area (Å²) in [6.07, 6.45) is 6.14. The fourth-order valence-corrected chi connectivity index (χ4v) is 5.56. The fraction of sp³-hybridized carbons (Fsp3) is 0.407. The molecule has 7 nitrogen and oxygen atoms in total. The molecule has 3 fully saturated rings. The van der Waals surface area contributed by atoms with E-state index in [0.29, 0.717) is 18.3 Å². The number of para-hydroxylation sites is 1. The Bertz CT molecular complexity index is 1270. The Balaban J connectivity index is 1.15. The van der Waals surface area contributed by atoms with Gasteiger partial charge in [0.05, 0.1) is 17.6 Å². The quantitative estimate of drug-likeness (QED) is 0.583. The molecule has 0 unspecified atom stereocenters. The number of nitrogens with zero attached hydrogens (tertiary/aromatic N) is 3. The van der Waals surface area contributed by atoms with E-state index in [1.165, 1.54) is 47.0 Å². The number of carbonyl (C=O) groups is 2. The predicted octanol–water partition coefficient (Wildman–Crippen LogP) is 4.97. The summed E-state index contributed by atoms with van der Waals surface area (Å²) in [5, 5.41) is 10.5. The highest BCUT2D eigenvalue weighted by Crippen LogP contribution is 2.41. The lowest BCUT2D eigenvalue weighted by atomic mass is 9.91. The van der Waals surface area contributed by atoms with E-state index in [1.807, 2.05) is 0 Å². The van der Waals surface area contributed by atoms with Crippen molar-refractivity contribution in [2.45, 2.75) is 50.8 Å². The molecule has 3 aliphatic rings. The maximum Gasteiger partial charge on any atom is 0.415 e. The van der Waals surface area contributed by atoms with Gasteiger partial charge in [0.2, 0.25) is 0 Å². The van der Waals surface area contributed by atoms with Crippen molar-refractivity contribution >= 4 is 28.7 Å². The van der Waals surface area contributed by atoms with Crippen LogP contribution in [-0.2, 0) is 11.3 Å². The average Bonchev–Trinajstić information content (AvgIpc) is 3.54. The van der Waals surface area contributed by atoms with Crippen molar-refractivity contribution in [3.63, 3.8) is 0 Å².